The fourth-order valence-corrected chi connectivity index (χ4v) is 1.90. The largest absolute Gasteiger partial charge is 0.321 e. The summed E-state index contributed by atoms with van der Waals surface area (Å²) in [6.07, 6.45) is 0. The van der Waals surface area contributed by atoms with E-state index in [-0.39, 0.29) is 6.04 Å². The van der Waals surface area contributed by atoms with Crippen LogP contribution in [0, 0.1) is 6.92 Å². The summed E-state index contributed by atoms with van der Waals surface area (Å²) in [5, 5.41) is 12.5. The van der Waals surface area contributed by atoms with Crippen LogP contribution in [0.15, 0.2) is 12.1 Å². The van der Waals surface area contributed by atoms with Crippen LogP contribution >= 0.6 is 23.2 Å². The zero-order chi connectivity index (χ0) is 12.6. The van der Waals surface area contributed by atoms with Crippen LogP contribution in [0.25, 0.3) is 5.69 Å². The second-order valence-electron chi connectivity index (χ2n) is 3.79. The van der Waals surface area contributed by atoms with E-state index in [0.29, 0.717) is 21.6 Å². The maximum absolute atomic E-state index is 6.15. The predicted molar refractivity (Wildman–Crippen MR) is 66.5 cm³/mol. The highest BCUT2D eigenvalue weighted by atomic mass is 35.5. The normalized spacial score (nSPS) is 12.8. The molecule has 1 atom stereocenters. The van der Waals surface area contributed by atoms with Gasteiger partial charge < -0.3 is 5.73 Å². The Hall–Kier alpha value is -1.17. The zero-order valence-corrected chi connectivity index (χ0v) is 10.9. The van der Waals surface area contributed by atoms with Gasteiger partial charge in [0.05, 0.1) is 16.8 Å². The molecule has 0 spiro atoms. The number of tetrazole rings is 1. The average Bonchev–Trinajstić information content (AvgIpc) is 2.72. The maximum atomic E-state index is 6.15. The van der Waals surface area contributed by atoms with E-state index >= 15 is 0 Å². The Morgan fingerprint density at radius 1 is 1.29 bits per heavy atom. The van der Waals surface area contributed by atoms with E-state index < -0.39 is 0 Å². The number of halogens is 2. The smallest absolute Gasteiger partial charge is 0.173 e. The molecule has 0 fully saturated rings. The molecule has 2 N–H and O–H groups in total. The van der Waals surface area contributed by atoms with Crippen molar-refractivity contribution in [2.45, 2.75) is 19.9 Å². The monoisotopic (exact) mass is 271 g/mol. The van der Waals surface area contributed by atoms with E-state index in [1.165, 1.54) is 4.68 Å². The number of nitrogens with two attached hydrogens (primary N) is 1. The van der Waals surface area contributed by atoms with Gasteiger partial charge in [-0.1, -0.05) is 23.2 Å². The van der Waals surface area contributed by atoms with E-state index in [2.05, 4.69) is 15.5 Å². The molecule has 1 heterocycles. The summed E-state index contributed by atoms with van der Waals surface area (Å²) in [7, 11) is 0. The first-order valence-corrected chi connectivity index (χ1v) is 5.76. The van der Waals surface area contributed by atoms with Crippen molar-refractivity contribution in [1.82, 2.24) is 20.2 Å². The maximum Gasteiger partial charge on any atom is 0.173 e. The highest BCUT2D eigenvalue weighted by Gasteiger charge is 2.15. The molecular weight excluding hydrogens is 261 g/mol. The van der Waals surface area contributed by atoms with Crippen LogP contribution in [0.3, 0.4) is 0 Å². The number of benzene rings is 1. The Morgan fingerprint density at radius 3 is 2.65 bits per heavy atom. The van der Waals surface area contributed by atoms with Gasteiger partial charge >= 0.3 is 0 Å². The molecule has 0 bridgehead atoms. The topological polar surface area (TPSA) is 69.6 Å². The van der Waals surface area contributed by atoms with Crippen molar-refractivity contribution in [3.05, 3.63) is 33.6 Å². The van der Waals surface area contributed by atoms with E-state index in [1.807, 2.05) is 6.92 Å². The summed E-state index contributed by atoms with van der Waals surface area (Å²) in [4.78, 5) is 0. The highest BCUT2D eigenvalue weighted by molar-refractivity contribution is 6.35. The predicted octanol–water partition coefficient (Wildman–Crippen LogP) is 2.30. The molecule has 1 aromatic heterocycles. The number of aryl methyl sites for hydroxylation is 1. The van der Waals surface area contributed by atoms with Crippen molar-refractivity contribution in [3.8, 4) is 5.69 Å². The first-order valence-electron chi connectivity index (χ1n) is 5.00. The fraction of sp³-hybridized carbons (Fsp3) is 0.300. The fourth-order valence-electron chi connectivity index (χ4n) is 1.45. The second-order valence-corrected chi connectivity index (χ2v) is 4.60. The molecule has 7 heteroatoms. The number of hydrogen-bond acceptors (Lipinski definition) is 4. The van der Waals surface area contributed by atoms with Gasteiger partial charge in [0.25, 0.3) is 0 Å². The molecule has 0 saturated heterocycles. The lowest BCUT2D eigenvalue weighted by Crippen LogP contribution is -2.13. The van der Waals surface area contributed by atoms with Crippen molar-refractivity contribution in [2.75, 3.05) is 0 Å². The average molecular weight is 272 g/mol. The van der Waals surface area contributed by atoms with E-state index in [0.717, 1.165) is 5.56 Å². The first kappa shape index (κ1) is 12.3. The Labute approximate surface area is 109 Å². The van der Waals surface area contributed by atoms with Crippen LogP contribution in [0.4, 0.5) is 0 Å². The van der Waals surface area contributed by atoms with Crippen molar-refractivity contribution in [3.63, 3.8) is 0 Å². The summed E-state index contributed by atoms with van der Waals surface area (Å²) >= 11 is 12.2. The minimum atomic E-state index is -0.291. The van der Waals surface area contributed by atoms with Crippen molar-refractivity contribution in [1.29, 1.82) is 0 Å². The molecule has 17 heavy (non-hydrogen) atoms. The van der Waals surface area contributed by atoms with Gasteiger partial charge in [-0.2, -0.15) is 4.68 Å². The van der Waals surface area contributed by atoms with Gasteiger partial charge in [-0.05, 0) is 42.0 Å². The molecule has 5 nitrogen and oxygen atoms in total. The van der Waals surface area contributed by atoms with Crippen molar-refractivity contribution in [2.24, 2.45) is 5.73 Å². The molecule has 2 rings (SSSR count). The highest BCUT2D eigenvalue weighted by Crippen LogP contribution is 2.28. The molecule has 0 amide bonds. The second kappa shape index (κ2) is 4.60. The molecule has 0 aliphatic rings. The van der Waals surface area contributed by atoms with Gasteiger partial charge in [-0.15, -0.1) is 5.10 Å². The molecule has 1 aromatic carbocycles. The minimum Gasteiger partial charge on any atom is -0.321 e. The van der Waals surface area contributed by atoms with Crippen LogP contribution in [-0.4, -0.2) is 20.2 Å². The molecule has 0 aliphatic carbocycles. The summed E-state index contributed by atoms with van der Waals surface area (Å²) < 4.78 is 1.50. The Morgan fingerprint density at radius 2 is 2.00 bits per heavy atom. The summed E-state index contributed by atoms with van der Waals surface area (Å²) in [6.45, 7) is 3.68. The van der Waals surface area contributed by atoms with Gasteiger partial charge in [-0.3, -0.25) is 0 Å². The van der Waals surface area contributed by atoms with Gasteiger partial charge in [-0.25, -0.2) is 0 Å². The van der Waals surface area contributed by atoms with Crippen LogP contribution in [0.5, 0.6) is 0 Å². The van der Waals surface area contributed by atoms with Crippen LogP contribution in [-0.2, 0) is 0 Å². The quantitative estimate of drug-likeness (QED) is 0.910. The zero-order valence-electron chi connectivity index (χ0n) is 9.35. The third-order valence-corrected chi connectivity index (χ3v) is 3.07. The minimum absolute atomic E-state index is 0.291. The lowest BCUT2D eigenvalue weighted by Gasteiger charge is -2.10. The number of nitrogens with zero attached hydrogens (tertiary/aromatic N) is 4. The number of aromatic nitrogens is 4. The molecule has 0 aliphatic heterocycles. The number of hydrogen-bond donors (Lipinski definition) is 1. The molecule has 0 radical (unpaired) electrons. The SMILES string of the molecule is Cc1cc(Cl)c(-n2nnnc2C(C)N)cc1Cl. The van der Waals surface area contributed by atoms with Gasteiger partial charge in [0, 0.05) is 5.02 Å². The molecule has 0 saturated carbocycles. The van der Waals surface area contributed by atoms with E-state index in [4.69, 9.17) is 28.9 Å². The van der Waals surface area contributed by atoms with Crippen molar-refractivity contribution < 1.29 is 0 Å². The summed E-state index contributed by atoms with van der Waals surface area (Å²) in [5.41, 5.74) is 7.30. The Bertz CT molecular complexity index is 550. The molecule has 90 valence electrons. The van der Waals surface area contributed by atoms with E-state index in [9.17, 15) is 0 Å². The van der Waals surface area contributed by atoms with Gasteiger partial charge in [0.15, 0.2) is 5.82 Å². The van der Waals surface area contributed by atoms with Crippen LogP contribution in [0.2, 0.25) is 10.0 Å². The molecular formula is C10H11Cl2N5. The Balaban J connectivity index is 2.60. The van der Waals surface area contributed by atoms with Gasteiger partial charge in [0.1, 0.15) is 0 Å². The standard InChI is InChI=1S/C10H11Cl2N5/c1-5-3-8(12)9(4-7(5)11)17-10(6(2)13)14-15-16-17/h3-4,6H,13H2,1-2H3. The van der Waals surface area contributed by atoms with Crippen LogP contribution < -0.4 is 5.73 Å². The lowest BCUT2D eigenvalue weighted by molar-refractivity contribution is 0.688. The molecule has 2 aromatic rings. The molecule has 1 unspecified atom stereocenters. The van der Waals surface area contributed by atoms with Crippen LogP contribution in [0.1, 0.15) is 24.4 Å². The first-order chi connectivity index (χ1) is 8.00. The number of rotatable bonds is 2. The van der Waals surface area contributed by atoms with E-state index in [1.54, 1.807) is 19.1 Å². The third-order valence-electron chi connectivity index (χ3n) is 2.36. The van der Waals surface area contributed by atoms with Gasteiger partial charge in [0.2, 0.25) is 0 Å². The van der Waals surface area contributed by atoms with Crippen molar-refractivity contribution >= 4 is 23.2 Å². The summed E-state index contributed by atoms with van der Waals surface area (Å²) in [6, 6.07) is 3.20. The Kier molecular flexibility index (Phi) is 3.33. The summed E-state index contributed by atoms with van der Waals surface area (Å²) in [5.74, 6) is 0.534. The lowest BCUT2D eigenvalue weighted by atomic mass is 10.2. The third kappa shape index (κ3) is 2.26.